The summed E-state index contributed by atoms with van der Waals surface area (Å²) in [6, 6.07) is 1.00. The Balaban J connectivity index is 1.68. The number of piperazine rings is 1. The summed E-state index contributed by atoms with van der Waals surface area (Å²) in [6.07, 6.45) is 5.03. The van der Waals surface area contributed by atoms with Gasteiger partial charge in [0.15, 0.2) is 0 Å². The number of carbonyl (C=O) groups is 1. The molecule has 0 atom stereocenters. The summed E-state index contributed by atoms with van der Waals surface area (Å²) in [6.45, 7) is 5.40. The molecule has 5 nitrogen and oxygen atoms in total. The fourth-order valence-electron chi connectivity index (χ4n) is 3.99. The molecule has 2 saturated heterocycles. The maximum Gasteiger partial charge on any atom is 0.319 e. The highest BCUT2D eigenvalue weighted by Crippen LogP contribution is 2.40. The molecule has 3 rings (SSSR count). The summed E-state index contributed by atoms with van der Waals surface area (Å²) < 4.78 is 0. The number of hydrogen-bond acceptors (Lipinski definition) is 3. The van der Waals surface area contributed by atoms with Gasteiger partial charge in [-0.05, 0) is 32.7 Å². The molecule has 0 N–H and O–H groups in total. The molecule has 114 valence electrons. The number of hydrogen-bond donors (Lipinski definition) is 0. The first-order chi connectivity index (χ1) is 9.52. The standard InChI is InChI=1S/C15H28N4O/c1-16(2)14(20)18-8-6-15(7-9-18)12-17(3)10-11-19(15)13-4-5-13/h13H,4-12H2,1-3H3. The van der Waals surface area contributed by atoms with Gasteiger partial charge in [0.05, 0.1) is 0 Å². The van der Waals surface area contributed by atoms with E-state index in [4.69, 9.17) is 0 Å². The topological polar surface area (TPSA) is 30.0 Å². The molecular weight excluding hydrogens is 252 g/mol. The SMILES string of the molecule is CN1CCN(C2CC2)C2(CCN(C(=O)N(C)C)CC2)C1. The average Bonchev–Trinajstić information content (AvgIpc) is 3.23. The number of urea groups is 1. The van der Waals surface area contributed by atoms with Crippen LogP contribution in [0.1, 0.15) is 25.7 Å². The number of nitrogens with zero attached hydrogens (tertiary/aromatic N) is 4. The van der Waals surface area contributed by atoms with Gasteiger partial charge in [0, 0.05) is 58.4 Å². The molecule has 0 bridgehead atoms. The van der Waals surface area contributed by atoms with Crippen LogP contribution in [0.25, 0.3) is 0 Å². The fraction of sp³-hybridized carbons (Fsp3) is 0.933. The predicted octanol–water partition coefficient (Wildman–Crippen LogP) is 0.912. The molecule has 1 aliphatic carbocycles. The Morgan fingerprint density at radius 3 is 2.30 bits per heavy atom. The lowest BCUT2D eigenvalue weighted by Crippen LogP contribution is -2.66. The van der Waals surface area contributed by atoms with E-state index in [-0.39, 0.29) is 6.03 Å². The zero-order chi connectivity index (χ0) is 14.3. The highest BCUT2D eigenvalue weighted by Gasteiger charge is 2.48. The van der Waals surface area contributed by atoms with Gasteiger partial charge in [0.25, 0.3) is 0 Å². The van der Waals surface area contributed by atoms with Gasteiger partial charge < -0.3 is 14.7 Å². The Labute approximate surface area is 122 Å². The van der Waals surface area contributed by atoms with E-state index >= 15 is 0 Å². The minimum atomic E-state index is 0.169. The summed E-state index contributed by atoms with van der Waals surface area (Å²) >= 11 is 0. The van der Waals surface area contributed by atoms with Crippen molar-refractivity contribution in [3.05, 3.63) is 0 Å². The molecule has 0 aromatic heterocycles. The monoisotopic (exact) mass is 280 g/mol. The third-order valence-corrected chi connectivity index (χ3v) is 5.23. The quantitative estimate of drug-likeness (QED) is 0.715. The van der Waals surface area contributed by atoms with Crippen LogP contribution in [0.4, 0.5) is 4.79 Å². The smallest absolute Gasteiger partial charge is 0.319 e. The minimum Gasteiger partial charge on any atom is -0.331 e. The minimum absolute atomic E-state index is 0.169. The summed E-state index contributed by atoms with van der Waals surface area (Å²) in [5, 5.41) is 0. The Morgan fingerprint density at radius 1 is 1.10 bits per heavy atom. The molecule has 2 amide bonds. The summed E-state index contributed by atoms with van der Waals surface area (Å²) in [4.78, 5) is 21.1. The first-order valence-corrected chi connectivity index (χ1v) is 7.93. The Hall–Kier alpha value is -0.810. The third kappa shape index (κ3) is 2.53. The van der Waals surface area contributed by atoms with Gasteiger partial charge in [-0.2, -0.15) is 0 Å². The second-order valence-corrected chi connectivity index (χ2v) is 7.05. The molecule has 0 aromatic rings. The van der Waals surface area contributed by atoms with Crippen molar-refractivity contribution in [1.29, 1.82) is 0 Å². The van der Waals surface area contributed by atoms with E-state index in [1.807, 2.05) is 19.0 Å². The molecule has 1 spiro atoms. The number of piperidine rings is 1. The number of rotatable bonds is 1. The van der Waals surface area contributed by atoms with Crippen LogP contribution in [0.2, 0.25) is 0 Å². The normalized spacial score (nSPS) is 27.9. The number of likely N-dealkylation sites (N-methyl/N-ethyl adjacent to an activating group) is 1. The van der Waals surface area contributed by atoms with E-state index in [0.29, 0.717) is 5.54 Å². The van der Waals surface area contributed by atoms with Crippen molar-refractivity contribution in [2.45, 2.75) is 37.3 Å². The van der Waals surface area contributed by atoms with Crippen LogP contribution < -0.4 is 0 Å². The maximum atomic E-state index is 12.1. The molecule has 2 heterocycles. The van der Waals surface area contributed by atoms with Crippen LogP contribution in [0.15, 0.2) is 0 Å². The van der Waals surface area contributed by atoms with Gasteiger partial charge in [-0.3, -0.25) is 4.90 Å². The summed E-state index contributed by atoms with van der Waals surface area (Å²) in [7, 11) is 5.93. The van der Waals surface area contributed by atoms with Crippen molar-refractivity contribution >= 4 is 6.03 Å². The van der Waals surface area contributed by atoms with E-state index in [9.17, 15) is 4.79 Å². The summed E-state index contributed by atoms with van der Waals surface area (Å²) in [5.41, 5.74) is 0.331. The van der Waals surface area contributed by atoms with E-state index in [1.165, 1.54) is 32.5 Å². The van der Waals surface area contributed by atoms with Gasteiger partial charge in [0.1, 0.15) is 0 Å². The molecule has 3 aliphatic rings. The van der Waals surface area contributed by atoms with E-state index in [2.05, 4.69) is 16.8 Å². The van der Waals surface area contributed by atoms with Crippen molar-refractivity contribution in [2.75, 3.05) is 53.9 Å². The lowest BCUT2D eigenvalue weighted by molar-refractivity contribution is -0.0352. The van der Waals surface area contributed by atoms with Crippen molar-refractivity contribution in [2.24, 2.45) is 0 Å². The fourth-order valence-corrected chi connectivity index (χ4v) is 3.99. The molecule has 0 radical (unpaired) electrons. The molecule has 3 fully saturated rings. The highest BCUT2D eigenvalue weighted by molar-refractivity contribution is 5.73. The first-order valence-electron chi connectivity index (χ1n) is 7.93. The number of likely N-dealkylation sites (tertiary alicyclic amines) is 1. The summed E-state index contributed by atoms with van der Waals surface area (Å²) in [5.74, 6) is 0. The van der Waals surface area contributed by atoms with Gasteiger partial charge in [-0.25, -0.2) is 4.79 Å². The van der Waals surface area contributed by atoms with Crippen LogP contribution in [0, 0.1) is 0 Å². The Kier molecular flexibility index (Phi) is 3.67. The van der Waals surface area contributed by atoms with Crippen LogP contribution in [0.5, 0.6) is 0 Å². The molecule has 5 heteroatoms. The van der Waals surface area contributed by atoms with Crippen molar-refractivity contribution < 1.29 is 4.79 Å². The second-order valence-electron chi connectivity index (χ2n) is 7.05. The predicted molar refractivity (Wildman–Crippen MR) is 79.8 cm³/mol. The molecule has 2 aliphatic heterocycles. The Bertz CT molecular complexity index is 372. The molecule has 0 unspecified atom stereocenters. The Morgan fingerprint density at radius 2 is 1.75 bits per heavy atom. The first kappa shape index (κ1) is 14.1. The van der Waals surface area contributed by atoms with Crippen molar-refractivity contribution in [1.82, 2.24) is 19.6 Å². The van der Waals surface area contributed by atoms with E-state index < -0.39 is 0 Å². The van der Waals surface area contributed by atoms with Gasteiger partial charge >= 0.3 is 6.03 Å². The third-order valence-electron chi connectivity index (χ3n) is 5.23. The highest BCUT2D eigenvalue weighted by atomic mass is 16.2. The molecule has 20 heavy (non-hydrogen) atoms. The number of carbonyl (C=O) groups excluding carboxylic acids is 1. The van der Waals surface area contributed by atoms with Gasteiger partial charge in [-0.15, -0.1) is 0 Å². The van der Waals surface area contributed by atoms with Gasteiger partial charge in [0.2, 0.25) is 0 Å². The van der Waals surface area contributed by atoms with Crippen LogP contribution >= 0.6 is 0 Å². The van der Waals surface area contributed by atoms with E-state index in [0.717, 1.165) is 32.0 Å². The molecular formula is C15H28N4O. The average molecular weight is 280 g/mol. The van der Waals surface area contributed by atoms with Crippen LogP contribution in [-0.4, -0.2) is 91.1 Å². The largest absolute Gasteiger partial charge is 0.331 e. The zero-order valence-electron chi connectivity index (χ0n) is 13.1. The number of amides is 2. The molecule has 0 aromatic carbocycles. The zero-order valence-corrected chi connectivity index (χ0v) is 13.1. The van der Waals surface area contributed by atoms with Crippen LogP contribution in [-0.2, 0) is 0 Å². The van der Waals surface area contributed by atoms with Crippen molar-refractivity contribution in [3.63, 3.8) is 0 Å². The molecule has 1 saturated carbocycles. The van der Waals surface area contributed by atoms with Crippen LogP contribution in [0.3, 0.4) is 0 Å². The van der Waals surface area contributed by atoms with Crippen molar-refractivity contribution in [3.8, 4) is 0 Å². The maximum absolute atomic E-state index is 12.1. The van der Waals surface area contributed by atoms with Gasteiger partial charge in [-0.1, -0.05) is 0 Å². The lowest BCUT2D eigenvalue weighted by Gasteiger charge is -2.54. The second kappa shape index (κ2) is 5.19. The van der Waals surface area contributed by atoms with E-state index in [1.54, 1.807) is 4.90 Å². The lowest BCUT2D eigenvalue weighted by atomic mass is 9.83.